The molecule has 94 heavy (non-hydrogen) atoms. The van der Waals surface area contributed by atoms with Gasteiger partial charge in [0, 0.05) is 65.6 Å². The van der Waals surface area contributed by atoms with E-state index in [0.717, 1.165) is 5.69 Å². The largest absolute Gasteiger partial charge is 0.310 e. The van der Waals surface area contributed by atoms with Gasteiger partial charge >= 0.3 is 0 Å². The second-order valence-electron chi connectivity index (χ2n) is 28.6. The molecule has 0 bridgehead atoms. The van der Waals surface area contributed by atoms with Crippen LogP contribution in [0.4, 0.5) is 0 Å². The number of nitrogens with zero attached hydrogens (tertiary/aromatic N) is 3. The Balaban J connectivity index is 0.923. The summed E-state index contributed by atoms with van der Waals surface area (Å²) < 4.78 is 8.12. The third kappa shape index (κ3) is 6.00. The molecule has 2 aliphatic heterocycles. The van der Waals surface area contributed by atoms with Crippen molar-refractivity contribution < 1.29 is 0 Å². The van der Waals surface area contributed by atoms with E-state index in [0.29, 0.717) is 0 Å². The molecule has 15 aromatic carbocycles. The van der Waals surface area contributed by atoms with Gasteiger partial charge in [-0.15, -0.1) is 0 Å². The molecule has 434 valence electrons. The Hall–Kier alpha value is -11.5. The molecule has 0 atom stereocenters. The van der Waals surface area contributed by atoms with Gasteiger partial charge < -0.3 is 13.7 Å². The first-order valence-electron chi connectivity index (χ1n) is 33.4. The Labute approximate surface area is 542 Å². The minimum absolute atomic E-state index is 0.155. The van der Waals surface area contributed by atoms with Crippen molar-refractivity contribution >= 4 is 121 Å². The minimum atomic E-state index is -0.272. The molecule has 3 aromatic heterocycles. The van der Waals surface area contributed by atoms with Crippen molar-refractivity contribution in [2.24, 2.45) is 0 Å². The van der Waals surface area contributed by atoms with Crippen molar-refractivity contribution in [2.45, 2.75) is 38.5 Å². The molecule has 23 rings (SSSR count). The Morgan fingerprint density at radius 3 is 1.53 bits per heavy atom. The monoisotopic (exact) mass is 1190 g/mol. The molecule has 3 aliphatic carbocycles. The van der Waals surface area contributed by atoms with Crippen LogP contribution in [0.1, 0.15) is 49.9 Å². The van der Waals surface area contributed by atoms with Crippen LogP contribution in [0.5, 0.6) is 0 Å². The lowest BCUT2D eigenvalue weighted by atomic mass is 9.33. The van der Waals surface area contributed by atoms with Crippen LogP contribution in [-0.2, 0) is 10.8 Å². The predicted octanol–water partition coefficient (Wildman–Crippen LogP) is 21.2. The summed E-state index contributed by atoms with van der Waals surface area (Å²) in [6, 6.07) is 104. The second kappa shape index (κ2) is 17.0. The number of hydrogen-bond acceptors (Lipinski definition) is 0. The summed E-state index contributed by atoms with van der Waals surface area (Å²) in [6.45, 7) is 9.66. The summed E-state index contributed by atoms with van der Waals surface area (Å²) >= 11 is 0. The molecule has 3 nitrogen and oxygen atoms in total. The summed E-state index contributed by atoms with van der Waals surface area (Å²) in [4.78, 5) is 0. The van der Waals surface area contributed by atoms with Crippen LogP contribution >= 0.6 is 0 Å². The van der Waals surface area contributed by atoms with E-state index >= 15 is 0 Å². The van der Waals surface area contributed by atoms with Crippen LogP contribution < -0.4 is 16.4 Å². The molecule has 0 spiro atoms. The summed E-state index contributed by atoms with van der Waals surface area (Å²) in [7, 11) is 0. The lowest BCUT2D eigenvalue weighted by Crippen LogP contribution is -2.60. The normalized spacial score (nSPS) is 14.5. The molecule has 0 saturated carbocycles. The van der Waals surface area contributed by atoms with Gasteiger partial charge in [-0.3, -0.25) is 0 Å². The highest BCUT2D eigenvalue weighted by Gasteiger charge is 2.48. The molecule has 0 N–H and O–H groups in total. The van der Waals surface area contributed by atoms with Gasteiger partial charge in [0.25, 0.3) is 6.71 Å². The maximum Gasteiger partial charge on any atom is 0.253 e. The molecule has 18 aromatic rings. The highest BCUT2D eigenvalue weighted by atomic mass is 15.1. The van der Waals surface area contributed by atoms with E-state index in [1.54, 1.807) is 0 Å². The fraction of sp³-hybridized carbons (Fsp3) is 0.0667. The van der Waals surface area contributed by atoms with Gasteiger partial charge in [0.05, 0.1) is 27.8 Å². The van der Waals surface area contributed by atoms with Crippen molar-refractivity contribution in [3.05, 3.63) is 289 Å². The number of benzene rings is 15. The minimum Gasteiger partial charge on any atom is -0.310 e. The van der Waals surface area contributed by atoms with E-state index in [1.807, 2.05) is 0 Å². The highest BCUT2D eigenvalue weighted by Crippen LogP contribution is 2.56. The highest BCUT2D eigenvalue weighted by molar-refractivity contribution is 7.01. The van der Waals surface area contributed by atoms with Crippen molar-refractivity contribution in [1.82, 2.24) is 13.7 Å². The van der Waals surface area contributed by atoms with Gasteiger partial charge in [0.1, 0.15) is 0 Å². The SMILES string of the molecule is CC1(C)c2ccccc2-c2cc3c(cc21)c1cc(-c2ccc4ccccc4c2)cc2c1n3-c1cc(-n3c4cccc5c4c4c6c(cccc6ccc43)-c3ccccc3-5)cc3c1B2c1c2c(cc4c5cc(-c6ccc7ccccc7c6)ccc5n-3c14)C(C)(C)c1ccccc1-2. The van der Waals surface area contributed by atoms with Crippen LogP contribution in [0.25, 0.3) is 182 Å². The van der Waals surface area contributed by atoms with Gasteiger partial charge in [-0.05, 0) is 211 Å². The van der Waals surface area contributed by atoms with Crippen molar-refractivity contribution in [2.75, 3.05) is 0 Å². The van der Waals surface area contributed by atoms with Crippen molar-refractivity contribution in [3.8, 4) is 83.8 Å². The topological polar surface area (TPSA) is 14.8 Å². The predicted molar refractivity (Wildman–Crippen MR) is 397 cm³/mol. The summed E-state index contributed by atoms with van der Waals surface area (Å²) in [5.74, 6) is 0. The van der Waals surface area contributed by atoms with Crippen molar-refractivity contribution in [3.63, 3.8) is 0 Å². The van der Waals surface area contributed by atoms with Crippen LogP contribution in [0.3, 0.4) is 0 Å². The second-order valence-corrected chi connectivity index (χ2v) is 28.6. The van der Waals surface area contributed by atoms with E-state index in [1.165, 1.54) is 215 Å². The van der Waals surface area contributed by atoms with Crippen LogP contribution in [-0.4, -0.2) is 20.4 Å². The van der Waals surface area contributed by atoms with Crippen LogP contribution in [0.15, 0.2) is 267 Å². The molecular weight excluding hydrogens is 1130 g/mol. The molecule has 0 amide bonds. The standard InChI is InChI=1S/C90H56BN3/c1-89(2)70-28-13-11-24-61(70)65-48-78-67(46-72(65)89)68-42-57(55-34-32-50-18-6-8-20-53(50)40-55)43-74-87(68)94(78)80-45-58(92-76-30-16-27-63-60-23-10-9-22-59(60)62-26-15-21-51-35-38-77(92)84(81(51)62)83(63)76)44-79-85(80)91(74)86-82-64-25-12-14-29-71(64)90(3,4)73(82)47-69-66-41-56(36-37-75(66)93(79)88(69)86)54-33-31-49-17-5-7-19-52(49)39-54/h5-48H,1-4H3. The zero-order valence-electron chi connectivity index (χ0n) is 52.3. The lowest BCUT2D eigenvalue weighted by Gasteiger charge is -2.36. The molecule has 4 heteroatoms. The lowest BCUT2D eigenvalue weighted by molar-refractivity contribution is 0.661. The fourth-order valence-electron chi connectivity index (χ4n) is 19.3. The zero-order chi connectivity index (χ0) is 61.5. The molecule has 0 saturated heterocycles. The van der Waals surface area contributed by atoms with Crippen molar-refractivity contribution in [1.29, 1.82) is 0 Å². The summed E-state index contributed by atoms with van der Waals surface area (Å²) in [6.07, 6.45) is 0. The quantitative estimate of drug-likeness (QED) is 0.157. The van der Waals surface area contributed by atoms with E-state index < -0.39 is 0 Å². The van der Waals surface area contributed by atoms with E-state index in [4.69, 9.17) is 0 Å². The molecular formula is C90H56BN3. The molecule has 0 fully saturated rings. The van der Waals surface area contributed by atoms with Gasteiger partial charge in [-0.2, -0.15) is 0 Å². The van der Waals surface area contributed by atoms with Crippen LogP contribution in [0, 0.1) is 0 Å². The zero-order valence-corrected chi connectivity index (χ0v) is 52.3. The summed E-state index contributed by atoms with van der Waals surface area (Å²) in [5, 5.41) is 15.3. The number of hydrogen-bond donors (Lipinski definition) is 0. The summed E-state index contributed by atoms with van der Waals surface area (Å²) in [5.41, 5.74) is 35.7. The van der Waals surface area contributed by atoms with Crippen LogP contribution in [0.2, 0.25) is 0 Å². The molecule has 5 heterocycles. The smallest absolute Gasteiger partial charge is 0.253 e. The van der Waals surface area contributed by atoms with E-state index in [9.17, 15) is 0 Å². The Morgan fingerprint density at radius 1 is 0.277 bits per heavy atom. The van der Waals surface area contributed by atoms with Gasteiger partial charge in [-0.1, -0.05) is 222 Å². The van der Waals surface area contributed by atoms with Gasteiger partial charge in [0.15, 0.2) is 0 Å². The van der Waals surface area contributed by atoms with E-state index in [-0.39, 0.29) is 17.5 Å². The Kier molecular flexibility index (Phi) is 9.07. The Morgan fingerprint density at radius 2 is 0.787 bits per heavy atom. The first-order valence-corrected chi connectivity index (χ1v) is 33.4. The van der Waals surface area contributed by atoms with Gasteiger partial charge in [0.2, 0.25) is 0 Å². The van der Waals surface area contributed by atoms with Gasteiger partial charge in [-0.25, -0.2) is 0 Å². The Bertz CT molecular complexity index is 6670. The number of fused-ring (bicyclic) bond motifs is 22. The first-order chi connectivity index (χ1) is 46.1. The fourth-order valence-corrected chi connectivity index (χ4v) is 19.3. The average Bonchev–Trinajstić information content (AvgIpc) is 1.44. The number of rotatable bonds is 3. The molecule has 0 radical (unpaired) electrons. The maximum atomic E-state index is 2.75. The molecule has 0 unspecified atom stereocenters. The molecule has 5 aliphatic rings. The maximum absolute atomic E-state index is 2.75. The average molecular weight is 1190 g/mol. The third-order valence-electron chi connectivity index (χ3n) is 23.4. The number of aromatic nitrogens is 3. The first kappa shape index (κ1) is 50.2. The third-order valence-corrected chi connectivity index (χ3v) is 23.4. The van der Waals surface area contributed by atoms with E-state index in [2.05, 4.69) is 308 Å².